The third kappa shape index (κ3) is 2.34. The van der Waals surface area contributed by atoms with Gasteiger partial charge in [0, 0.05) is 10.6 Å². The fourth-order valence-electron chi connectivity index (χ4n) is 3.04. The molecule has 1 aliphatic rings. The van der Waals surface area contributed by atoms with Crippen LogP contribution in [0.3, 0.4) is 0 Å². The standard InChI is InChI=1S/C19H13ClN4/c1-10-14(7-12-4-3-5-13(20)6-12)17-11(2)16(9-22)19(23)24-18(17)15(10)8-21/h3-7H,1-2H3,(H2,23,24)/p+1. The van der Waals surface area contributed by atoms with E-state index in [0.29, 0.717) is 21.9 Å². The highest BCUT2D eigenvalue weighted by Gasteiger charge is 2.32. The molecule has 0 unspecified atom stereocenters. The molecule has 0 atom stereocenters. The van der Waals surface area contributed by atoms with Gasteiger partial charge in [-0.25, -0.2) is 4.98 Å². The van der Waals surface area contributed by atoms with Gasteiger partial charge in [-0.05, 0) is 54.3 Å². The molecule has 24 heavy (non-hydrogen) atoms. The van der Waals surface area contributed by atoms with Crippen LogP contribution in [0.15, 0.2) is 29.8 Å². The predicted molar refractivity (Wildman–Crippen MR) is 94.4 cm³/mol. The Morgan fingerprint density at radius 1 is 1.21 bits per heavy atom. The number of H-pyrrole nitrogens is 1. The smallest absolute Gasteiger partial charge is 0.286 e. The number of aromatic amines is 1. The molecular weight excluding hydrogens is 320 g/mol. The molecule has 2 aromatic rings. The number of nitrogen functional groups attached to an aromatic ring is 1. The molecule has 1 heterocycles. The average molecular weight is 334 g/mol. The number of halogens is 1. The summed E-state index contributed by atoms with van der Waals surface area (Å²) >= 11 is 6.06. The summed E-state index contributed by atoms with van der Waals surface area (Å²) in [6.45, 7) is 3.74. The fraction of sp³-hybridized carbons (Fsp3) is 0.105. The summed E-state index contributed by atoms with van der Waals surface area (Å²) in [5.41, 5.74) is 11.8. The van der Waals surface area contributed by atoms with Crippen LogP contribution in [-0.4, -0.2) is 0 Å². The van der Waals surface area contributed by atoms with Crippen LogP contribution in [0.4, 0.5) is 5.82 Å². The second-order valence-corrected chi connectivity index (χ2v) is 6.06. The highest BCUT2D eigenvalue weighted by atomic mass is 35.5. The number of allylic oxidation sites excluding steroid dienone is 3. The topological polar surface area (TPSA) is 87.7 Å². The zero-order valence-corrected chi connectivity index (χ0v) is 14.0. The third-order valence-corrected chi connectivity index (χ3v) is 4.45. The minimum absolute atomic E-state index is 0.276. The molecule has 1 aliphatic carbocycles. The molecule has 1 aromatic heterocycles. The van der Waals surface area contributed by atoms with Gasteiger partial charge in [0.25, 0.3) is 5.82 Å². The molecule has 1 aromatic carbocycles. The molecule has 0 bridgehead atoms. The van der Waals surface area contributed by atoms with Gasteiger partial charge in [-0.3, -0.25) is 5.73 Å². The molecule has 116 valence electrons. The van der Waals surface area contributed by atoms with E-state index in [1.54, 1.807) is 0 Å². The van der Waals surface area contributed by atoms with Crippen molar-refractivity contribution in [2.24, 2.45) is 0 Å². The molecule has 0 radical (unpaired) electrons. The van der Waals surface area contributed by atoms with Crippen LogP contribution in [0, 0.1) is 29.6 Å². The number of aromatic nitrogens is 1. The van der Waals surface area contributed by atoms with E-state index in [2.05, 4.69) is 17.1 Å². The van der Waals surface area contributed by atoms with Crippen molar-refractivity contribution < 1.29 is 4.98 Å². The molecule has 3 N–H and O–H groups in total. The highest BCUT2D eigenvalue weighted by molar-refractivity contribution is 6.30. The predicted octanol–water partition coefficient (Wildman–Crippen LogP) is 3.77. The Morgan fingerprint density at radius 2 is 1.96 bits per heavy atom. The van der Waals surface area contributed by atoms with E-state index >= 15 is 0 Å². The summed E-state index contributed by atoms with van der Waals surface area (Å²) in [7, 11) is 0. The Balaban J connectivity index is 2.34. The molecule has 0 saturated heterocycles. The summed E-state index contributed by atoms with van der Waals surface area (Å²) in [4.78, 5) is 3.01. The number of nitrogens with two attached hydrogens (primary N) is 1. The molecule has 0 fully saturated rings. The van der Waals surface area contributed by atoms with Crippen molar-refractivity contribution in [1.82, 2.24) is 0 Å². The van der Waals surface area contributed by atoms with Gasteiger partial charge in [0.1, 0.15) is 23.3 Å². The number of benzene rings is 1. The summed E-state index contributed by atoms with van der Waals surface area (Å²) in [5, 5.41) is 19.5. The van der Waals surface area contributed by atoms with Gasteiger partial charge in [-0.2, -0.15) is 10.5 Å². The largest absolute Gasteiger partial charge is 0.289 e. The Morgan fingerprint density at radius 3 is 2.58 bits per heavy atom. The maximum atomic E-state index is 9.54. The van der Waals surface area contributed by atoms with Crippen LogP contribution in [0.5, 0.6) is 0 Å². The van der Waals surface area contributed by atoms with E-state index in [4.69, 9.17) is 17.3 Å². The summed E-state index contributed by atoms with van der Waals surface area (Å²) in [5.74, 6) is 0.276. The Labute approximate surface area is 145 Å². The van der Waals surface area contributed by atoms with Crippen molar-refractivity contribution in [2.45, 2.75) is 13.8 Å². The monoisotopic (exact) mass is 333 g/mol. The molecule has 0 amide bonds. The average Bonchev–Trinajstić information content (AvgIpc) is 2.79. The lowest BCUT2D eigenvalue weighted by molar-refractivity contribution is -0.364. The second kappa shape index (κ2) is 5.85. The van der Waals surface area contributed by atoms with Gasteiger partial charge in [0.05, 0.1) is 0 Å². The van der Waals surface area contributed by atoms with E-state index in [1.165, 1.54) is 0 Å². The summed E-state index contributed by atoms with van der Waals surface area (Å²) < 4.78 is 0. The van der Waals surface area contributed by atoms with Crippen molar-refractivity contribution in [2.75, 3.05) is 5.73 Å². The third-order valence-electron chi connectivity index (χ3n) is 4.21. The fourth-order valence-corrected chi connectivity index (χ4v) is 3.23. The van der Waals surface area contributed by atoms with Gasteiger partial charge in [0.2, 0.25) is 0 Å². The van der Waals surface area contributed by atoms with Crippen LogP contribution >= 0.6 is 11.6 Å². The SMILES string of the molecule is CC1=C(C#N)c2[nH+]c(N)c(C#N)c(C)c2C1=Cc1cccc(Cl)c1. The number of pyridine rings is 1. The van der Waals surface area contributed by atoms with E-state index in [0.717, 1.165) is 27.8 Å². The molecular formula is C19H14ClN4+. The van der Waals surface area contributed by atoms with Crippen molar-refractivity contribution in [1.29, 1.82) is 10.5 Å². The number of anilines is 1. The van der Waals surface area contributed by atoms with Crippen molar-refractivity contribution in [3.8, 4) is 12.1 Å². The van der Waals surface area contributed by atoms with Crippen molar-refractivity contribution in [3.63, 3.8) is 0 Å². The van der Waals surface area contributed by atoms with Gasteiger partial charge < -0.3 is 0 Å². The lowest BCUT2D eigenvalue weighted by Gasteiger charge is -2.08. The molecule has 0 saturated carbocycles. The van der Waals surface area contributed by atoms with Gasteiger partial charge in [-0.15, -0.1) is 0 Å². The van der Waals surface area contributed by atoms with E-state index < -0.39 is 0 Å². The van der Waals surface area contributed by atoms with Gasteiger partial charge in [0.15, 0.2) is 5.69 Å². The number of nitrogens with one attached hydrogen (secondary N) is 1. The second-order valence-electron chi connectivity index (χ2n) is 5.63. The van der Waals surface area contributed by atoms with Crippen LogP contribution in [-0.2, 0) is 0 Å². The Bertz CT molecular complexity index is 1020. The highest BCUT2D eigenvalue weighted by Crippen LogP contribution is 2.42. The molecule has 5 heteroatoms. The summed E-state index contributed by atoms with van der Waals surface area (Å²) in [6.07, 6.45) is 1.97. The zero-order chi connectivity index (χ0) is 17.4. The molecule has 0 spiro atoms. The minimum atomic E-state index is 0.276. The molecule has 4 nitrogen and oxygen atoms in total. The number of rotatable bonds is 1. The Kier molecular flexibility index (Phi) is 3.85. The Hall–Kier alpha value is -3.08. The lowest BCUT2D eigenvalue weighted by Crippen LogP contribution is -2.20. The number of fused-ring (bicyclic) bond motifs is 1. The lowest BCUT2D eigenvalue weighted by atomic mass is 9.95. The molecule has 0 aliphatic heterocycles. The first-order valence-corrected chi connectivity index (χ1v) is 7.70. The maximum absolute atomic E-state index is 9.54. The van der Waals surface area contributed by atoms with Crippen LogP contribution < -0.4 is 10.7 Å². The number of hydrogen-bond donors (Lipinski definition) is 1. The van der Waals surface area contributed by atoms with Crippen LogP contribution in [0.25, 0.3) is 17.2 Å². The first-order valence-electron chi connectivity index (χ1n) is 7.32. The van der Waals surface area contributed by atoms with Gasteiger partial charge >= 0.3 is 0 Å². The number of nitrogens with zero attached hydrogens (tertiary/aromatic N) is 2. The normalized spacial score (nSPS) is 14.5. The van der Waals surface area contributed by atoms with Gasteiger partial charge in [-0.1, -0.05) is 23.7 Å². The zero-order valence-electron chi connectivity index (χ0n) is 13.2. The van der Waals surface area contributed by atoms with Crippen LogP contribution in [0.2, 0.25) is 5.02 Å². The number of hydrogen-bond acceptors (Lipinski definition) is 3. The van der Waals surface area contributed by atoms with Crippen molar-refractivity contribution >= 4 is 34.6 Å². The quantitative estimate of drug-likeness (QED) is 0.861. The van der Waals surface area contributed by atoms with Crippen LogP contribution in [0.1, 0.15) is 34.9 Å². The van der Waals surface area contributed by atoms with E-state index in [9.17, 15) is 10.5 Å². The van der Waals surface area contributed by atoms with Crippen molar-refractivity contribution in [3.05, 3.63) is 62.8 Å². The van der Waals surface area contributed by atoms with E-state index in [-0.39, 0.29) is 5.82 Å². The first-order chi connectivity index (χ1) is 11.5. The first kappa shape index (κ1) is 15.8. The van der Waals surface area contributed by atoms with E-state index in [1.807, 2.05) is 44.2 Å². The number of nitriles is 2. The minimum Gasteiger partial charge on any atom is -0.286 e. The summed E-state index contributed by atoms with van der Waals surface area (Å²) in [6, 6.07) is 11.8. The molecule has 3 rings (SSSR count). The maximum Gasteiger partial charge on any atom is 0.289 e.